The minimum atomic E-state index is -0.195. The first-order chi connectivity index (χ1) is 9.10. The maximum Gasteiger partial charge on any atom is 0.123 e. The number of rotatable bonds is 5. The molecule has 3 nitrogen and oxygen atoms in total. The molecule has 1 fully saturated rings. The third kappa shape index (κ3) is 3.75. The summed E-state index contributed by atoms with van der Waals surface area (Å²) < 4.78 is 13.0. The lowest BCUT2D eigenvalue weighted by Gasteiger charge is -2.29. The molecule has 2 rings (SSSR count). The van der Waals surface area contributed by atoms with E-state index in [2.05, 4.69) is 23.9 Å². The summed E-state index contributed by atoms with van der Waals surface area (Å²) in [5, 5.41) is 0. The zero-order valence-electron chi connectivity index (χ0n) is 11.8. The summed E-state index contributed by atoms with van der Waals surface area (Å²) in [7, 11) is 4.28. The number of likely N-dealkylation sites (N-methyl/N-ethyl adjacent to an activating group) is 1. The van der Waals surface area contributed by atoms with Crippen LogP contribution < -0.4 is 5.73 Å². The summed E-state index contributed by atoms with van der Waals surface area (Å²) in [4.78, 5) is 4.67. The van der Waals surface area contributed by atoms with Gasteiger partial charge in [0, 0.05) is 25.7 Å². The van der Waals surface area contributed by atoms with Crippen molar-refractivity contribution in [3.05, 3.63) is 35.6 Å². The van der Waals surface area contributed by atoms with Crippen LogP contribution >= 0.6 is 0 Å². The van der Waals surface area contributed by atoms with Gasteiger partial charge in [-0.3, -0.25) is 4.90 Å². The number of nitrogens with zero attached hydrogens (tertiary/aromatic N) is 2. The second-order valence-electron chi connectivity index (χ2n) is 5.66. The monoisotopic (exact) mass is 265 g/mol. The van der Waals surface area contributed by atoms with Gasteiger partial charge in [-0.05, 0) is 50.7 Å². The van der Waals surface area contributed by atoms with E-state index in [1.165, 1.54) is 25.1 Å². The highest BCUT2D eigenvalue weighted by molar-refractivity contribution is 5.20. The van der Waals surface area contributed by atoms with Crippen LogP contribution in [0.4, 0.5) is 4.39 Å². The van der Waals surface area contributed by atoms with E-state index < -0.39 is 0 Å². The number of likely N-dealkylation sites (tertiary alicyclic amines) is 1. The van der Waals surface area contributed by atoms with Crippen LogP contribution in [0.1, 0.15) is 18.0 Å². The lowest BCUT2D eigenvalue weighted by molar-refractivity contribution is 0.211. The molecular formula is C15H24FN3. The van der Waals surface area contributed by atoms with Crippen LogP contribution in [0.25, 0.3) is 0 Å². The Balaban J connectivity index is 1.98. The maximum absolute atomic E-state index is 13.0. The molecule has 2 unspecified atom stereocenters. The van der Waals surface area contributed by atoms with E-state index in [0.717, 1.165) is 18.7 Å². The van der Waals surface area contributed by atoms with Gasteiger partial charge in [0.1, 0.15) is 5.82 Å². The van der Waals surface area contributed by atoms with Crippen molar-refractivity contribution in [2.24, 2.45) is 11.7 Å². The molecule has 0 aromatic heterocycles. The average molecular weight is 265 g/mol. The molecule has 1 aromatic rings. The van der Waals surface area contributed by atoms with Crippen molar-refractivity contribution in [3.8, 4) is 0 Å². The SMILES string of the molecule is CN1CCC(CN(C)C(CN)c2ccc(F)cc2)C1. The van der Waals surface area contributed by atoms with Crippen molar-refractivity contribution in [3.63, 3.8) is 0 Å². The molecule has 0 saturated carbocycles. The van der Waals surface area contributed by atoms with Gasteiger partial charge < -0.3 is 10.6 Å². The molecular weight excluding hydrogens is 241 g/mol. The highest BCUT2D eigenvalue weighted by atomic mass is 19.1. The van der Waals surface area contributed by atoms with Crippen LogP contribution in [0, 0.1) is 11.7 Å². The van der Waals surface area contributed by atoms with Gasteiger partial charge in [0.05, 0.1) is 0 Å². The van der Waals surface area contributed by atoms with Crippen LogP contribution in [0.3, 0.4) is 0 Å². The second kappa shape index (κ2) is 6.46. The Kier molecular flexibility index (Phi) is 4.91. The average Bonchev–Trinajstić information content (AvgIpc) is 2.78. The summed E-state index contributed by atoms with van der Waals surface area (Å²) >= 11 is 0. The van der Waals surface area contributed by atoms with Gasteiger partial charge in [0.25, 0.3) is 0 Å². The van der Waals surface area contributed by atoms with Crippen LogP contribution in [-0.2, 0) is 0 Å². The second-order valence-corrected chi connectivity index (χ2v) is 5.66. The first-order valence-electron chi connectivity index (χ1n) is 6.94. The molecule has 4 heteroatoms. The number of hydrogen-bond donors (Lipinski definition) is 1. The van der Waals surface area contributed by atoms with E-state index in [9.17, 15) is 4.39 Å². The number of nitrogens with two attached hydrogens (primary N) is 1. The molecule has 1 saturated heterocycles. The molecule has 1 heterocycles. The minimum absolute atomic E-state index is 0.173. The van der Waals surface area contributed by atoms with Crippen LogP contribution in [0.2, 0.25) is 0 Å². The Hall–Kier alpha value is -0.970. The summed E-state index contributed by atoms with van der Waals surface area (Å²) in [5.74, 6) is 0.518. The predicted molar refractivity (Wildman–Crippen MR) is 76.4 cm³/mol. The largest absolute Gasteiger partial charge is 0.329 e. The molecule has 0 amide bonds. The number of benzene rings is 1. The molecule has 1 aromatic carbocycles. The Morgan fingerprint density at radius 3 is 2.63 bits per heavy atom. The third-order valence-electron chi connectivity index (χ3n) is 4.05. The topological polar surface area (TPSA) is 32.5 Å². The Labute approximate surface area is 115 Å². The molecule has 0 bridgehead atoms. The van der Waals surface area contributed by atoms with Crippen molar-refractivity contribution in [2.45, 2.75) is 12.5 Å². The molecule has 19 heavy (non-hydrogen) atoms. The molecule has 0 aliphatic carbocycles. The predicted octanol–water partition coefficient (Wildman–Crippen LogP) is 1.71. The Morgan fingerprint density at radius 1 is 1.42 bits per heavy atom. The Bertz CT molecular complexity index is 393. The first-order valence-corrected chi connectivity index (χ1v) is 6.94. The molecule has 2 atom stereocenters. The highest BCUT2D eigenvalue weighted by Gasteiger charge is 2.24. The van der Waals surface area contributed by atoms with Crippen molar-refractivity contribution >= 4 is 0 Å². The summed E-state index contributed by atoms with van der Waals surface area (Å²) in [6.45, 7) is 3.95. The van der Waals surface area contributed by atoms with Crippen LogP contribution in [0.15, 0.2) is 24.3 Å². The zero-order valence-corrected chi connectivity index (χ0v) is 11.8. The fraction of sp³-hybridized carbons (Fsp3) is 0.600. The Morgan fingerprint density at radius 2 is 2.11 bits per heavy atom. The van der Waals surface area contributed by atoms with Crippen molar-refractivity contribution < 1.29 is 4.39 Å². The summed E-state index contributed by atoms with van der Waals surface area (Å²) in [6.07, 6.45) is 1.25. The third-order valence-corrected chi connectivity index (χ3v) is 4.05. The molecule has 2 N–H and O–H groups in total. The van der Waals surface area contributed by atoms with Crippen molar-refractivity contribution in [1.29, 1.82) is 0 Å². The van der Waals surface area contributed by atoms with E-state index in [1.807, 2.05) is 12.1 Å². The van der Waals surface area contributed by atoms with Gasteiger partial charge in [0.15, 0.2) is 0 Å². The van der Waals surface area contributed by atoms with Gasteiger partial charge in [-0.1, -0.05) is 12.1 Å². The number of hydrogen-bond acceptors (Lipinski definition) is 3. The lowest BCUT2D eigenvalue weighted by Crippen LogP contribution is -2.35. The van der Waals surface area contributed by atoms with Crippen LogP contribution in [-0.4, -0.2) is 50.1 Å². The fourth-order valence-electron chi connectivity index (χ4n) is 2.97. The van der Waals surface area contributed by atoms with Gasteiger partial charge in [-0.2, -0.15) is 0 Å². The minimum Gasteiger partial charge on any atom is -0.329 e. The quantitative estimate of drug-likeness (QED) is 0.879. The van der Waals surface area contributed by atoms with Gasteiger partial charge in [0.2, 0.25) is 0 Å². The summed E-state index contributed by atoms with van der Waals surface area (Å²) in [5.41, 5.74) is 6.99. The smallest absolute Gasteiger partial charge is 0.123 e. The highest BCUT2D eigenvalue weighted by Crippen LogP contribution is 2.22. The normalized spacial score (nSPS) is 22.1. The number of halogens is 1. The van der Waals surface area contributed by atoms with Gasteiger partial charge in [-0.25, -0.2) is 4.39 Å². The molecule has 106 valence electrons. The standard InChI is InChI=1S/C15H24FN3/c1-18-8-7-12(10-18)11-19(2)15(9-17)13-3-5-14(16)6-4-13/h3-6,12,15H,7-11,17H2,1-2H3. The molecule has 1 aliphatic rings. The van der Waals surface area contributed by atoms with E-state index in [-0.39, 0.29) is 11.9 Å². The van der Waals surface area contributed by atoms with Gasteiger partial charge in [-0.15, -0.1) is 0 Å². The van der Waals surface area contributed by atoms with E-state index in [0.29, 0.717) is 12.5 Å². The zero-order chi connectivity index (χ0) is 13.8. The molecule has 0 spiro atoms. The van der Waals surface area contributed by atoms with E-state index in [4.69, 9.17) is 5.73 Å². The van der Waals surface area contributed by atoms with E-state index in [1.54, 1.807) is 0 Å². The van der Waals surface area contributed by atoms with Gasteiger partial charge >= 0.3 is 0 Å². The molecule has 0 radical (unpaired) electrons. The molecule has 1 aliphatic heterocycles. The van der Waals surface area contributed by atoms with Crippen LogP contribution in [0.5, 0.6) is 0 Å². The maximum atomic E-state index is 13.0. The summed E-state index contributed by atoms with van der Waals surface area (Å²) in [6, 6.07) is 6.87. The van der Waals surface area contributed by atoms with Crippen molar-refractivity contribution in [2.75, 3.05) is 40.3 Å². The van der Waals surface area contributed by atoms with E-state index >= 15 is 0 Å². The fourth-order valence-corrected chi connectivity index (χ4v) is 2.97. The first kappa shape index (κ1) is 14.4. The van der Waals surface area contributed by atoms with Crippen molar-refractivity contribution in [1.82, 2.24) is 9.80 Å². The lowest BCUT2D eigenvalue weighted by atomic mass is 10.0.